The number of hydrogen-bond donors (Lipinski definition) is 1. The zero-order valence-electron chi connectivity index (χ0n) is 11.4. The van der Waals surface area contributed by atoms with E-state index in [-0.39, 0.29) is 19.2 Å². The minimum atomic E-state index is -0.119. The summed E-state index contributed by atoms with van der Waals surface area (Å²) in [5.74, 6) is 1.46. The van der Waals surface area contributed by atoms with Crippen LogP contribution < -0.4 is 9.47 Å². The zero-order valence-corrected chi connectivity index (χ0v) is 11.4. The van der Waals surface area contributed by atoms with Crippen molar-refractivity contribution in [3.63, 3.8) is 0 Å². The maximum atomic E-state index is 11.3. The second-order valence-corrected chi connectivity index (χ2v) is 4.87. The number of aromatic nitrogens is 2. The lowest BCUT2D eigenvalue weighted by atomic mass is 10.1. The fourth-order valence-electron chi connectivity index (χ4n) is 2.49. The Labute approximate surface area is 124 Å². The summed E-state index contributed by atoms with van der Waals surface area (Å²) in [6.45, 7) is 0.0639. The summed E-state index contributed by atoms with van der Waals surface area (Å²) in [5.41, 5.74) is 2.43. The lowest BCUT2D eigenvalue weighted by Crippen LogP contribution is -1.92. The van der Waals surface area contributed by atoms with Crippen LogP contribution in [0.25, 0.3) is 16.9 Å². The lowest BCUT2D eigenvalue weighted by Gasteiger charge is -2.01. The van der Waals surface area contributed by atoms with Gasteiger partial charge < -0.3 is 14.6 Å². The van der Waals surface area contributed by atoms with E-state index < -0.39 is 0 Å². The molecule has 1 aromatic carbocycles. The Morgan fingerprint density at radius 3 is 2.91 bits per heavy atom. The second-order valence-electron chi connectivity index (χ2n) is 4.87. The van der Waals surface area contributed by atoms with E-state index >= 15 is 0 Å². The van der Waals surface area contributed by atoms with Crippen LogP contribution in [0, 0.1) is 4.91 Å². The number of aliphatic hydroxyl groups excluding tert-OH is 1. The van der Waals surface area contributed by atoms with Gasteiger partial charge in [-0.1, -0.05) is 6.07 Å². The molecule has 2 aromatic heterocycles. The van der Waals surface area contributed by atoms with Gasteiger partial charge in [-0.2, -0.15) is 0 Å². The van der Waals surface area contributed by atoms with Gasteiger partial charge in [0.05, 0.1) is 6.61 Å². The summed E-state index contributed by atoms with van der Waals surface area (Å²) in [7, 11) is 0. The fraction of sp³-hybridized carbons (Fsp3) is 0.133. The molecule has 0 fully saturated rings. The number of ether oxygens (including phenoxy) is 2. The van der Waals surface area contributed by atoms with Crippen molar-refractivity contribution in [3.8, 4) is 22.8 Å². The van der Waals surface area contributed by atoms with Crippen LogP contribution >= 0.6 is 0 Å². The molecule has 3 heterocycles. The summed E-state index contributed by atoms with van der Waals surface area (Å²) in [4.78, 5) is 15.7. The second kappa shape index (κ2) is 4.81. The van der Waals surface area contributed by atoms with Gasteiger partial charge in [0.2, 0.25) is 12.6 Å². The van der Waals surface area contributed by atoms with E-state index in [2.05, 4.69) is 10.2 Å². The van der Waals surface area contributed by atoms with Crippen molar-refractivity contribution < 1.29 is 14.6 Å². The van der Waals surface area contributed by atoms with Crippen LogP contribution in [0.2, 0.25) is 0 Å². The van der Waals surface area contributed by atoms with Crippen LogP contribution in [0.5, 0.6) is 11.5 Å². The third-order valence-electron chi connectivity index (χ3n) is 3.57. The third-order valence-corrected chi connectivity index (χ3v) is 3.57. The number of imidazole rings is 1. The first-order valence-electron chi connectivity index (χ1n) is 6.65. The average molecular weight is 297 g/mol. The van der Waals surface area contributed by atoms with Crippen molar-refractivity contribution in [2.45, 2.75) is 6.61 Å². The van der Waals surface area contributed by atoms with E-state index in [1.54, 1.807) is 40.9 Å². The molecular weight excluding hydrogens is 286 g/mol. The number of aliphatic hydroxyl groups is 1. The number of fused-ring (bicyclic) bond motifs is 2. The van der Waals surface area contributed by atoms with Crippen LogP contribution in [-0.4, -0.2) is 21.3 Å². The molecule has 0 radical (unpaired) electrons. The summed E-state index contributed by atoms with van der Waals surface area (Å²) < 4.78 is 12.2. The van der Waals surface area contributed by atoms with Gasteiger partial charge in [-0.15, -0.1) is 4.91 Å². The Balaban J connectivity index is 1.92. The molecule has 0 saturated carbocycles. The quantitative estimate of drug-likeness (QED) is 0.751. The highest BCUT2D eigenvalue weighted by Gasteiger charge is 2.19. The van der Waals surface area contributed by atoms with E-state index in [0.717, 1.165) is 0 Å². The maximum Gasteiger partial charge on any atom is 0.231 e. The van der Waals surface area contributed by atoms with E-state index in [0.29, 0.717) is 34.0 Å². The molecule has 1 aliphatic heterocycles. The van der Waals surface area contributed by atoms with Crippen molar-refractivity contribution in [3.05, 3.63) is 47.0 Å². The Morgan fingerprint density at radius 2 is 2.09 bits per heavy atom. The number of hydrogen-bond acceptors (Lipinski definition) is 6. The smallest absolute Gasteiger partial charge is 0.231 e. The molecular formula is C15H11N3O4. The van der Waals surface area contributed by atoms with Gasteiger partial charge in [0.25, 0.3) is 0 Å². The SMILES string of the molecule is O=Nc1c(-c2ccc3c(c2)OCO3)nc2ccc(CO)cn12. The maximum absolute atomic E-state index is 11.3. The molecule has 0 unspecified atom stereocenters. The zero-order chi connectivity index (χ0) is 15.1. The predicted molar refractivity (Wildman–Crippen MR) is 78.1 cm³/mol. The first-order valence-corrected chi connectivity index (χ1v) is 6.65. The fourth-order valence-corrected chi connectivity index (χ4v) is 2.49. The topological polar surface area (TPSA) is 85.4 Å². The molecule has 1 aliphatic rings. The number of rotatable bonds is 3. The van der Waals surface area contributed by atoms with Gasteiger partial charge in [0, 0.05) is 11.8 Å². The van der Waals surface area contributed by atoms with E-state index in [4.69, 9.17) is 9.47 Å². The van der Waals surface area contributed by atoms with E-state index in [9.17, 15) is 10.0 Å². The predicted octanol–water partition coefficient (Wildman–Crippen LogP) is 2.62. The Hall–Kier alpha value is -2.93. The number of nitroso groups, excluding NO2 is 1. The summed E-state index contributed by atoms with van der Waals surface area (Å²) in [6.07, 6.45) is 1.65. The molecule has 7 heteroatoms. The van der Waals surface area contributed by atoms with Gasteiger partial charge in [0.1, 0.15) is 11.3 Å². The van der Waals surface area contributed by atoms with Crippen molar-refractivity contribution in [2.24, 2.45) is 5.18 Å². The minimum Gasteiger partial charge on any atom is -0.454 e. The molecule has 0 atom stereocenters. The van der Waals surface area contributed by atoms with Crippen molar-refractivity contribution >= 4 is 11.5 Å². The highest BCUT2D eigenvalue weighted by molar-refractivity contribution is 5.76. The van der Waals surface area contributed by atoms with Gasteiger partial charge in [-0.25, -0.2) is 4.98 Å². The van der Waals surface area contributed by atoms with Crippen LogP contribution in [0.3, 0.4) is 0 Å². The first kappa shape index (κ1) is 12.8. The number of nitrogens with zero attached hydrogens (tertiary/aromatic N) is 3. The third kappa shape index (κ3) is 1.83. The van der Waals surface area contributed by atoms with Crippen molar-refractivity contribution in [1.82, 2.24) is 9.38 Å². The Bertz CT molecular complexity index is 888. The highest BCUT2D eigenvalue weighted by atomic mass is 16.7. The molecule has 0 aliphatic carbocycles. The van der Waals surface area contributed by atoms with Gasteiger partial charge >= 0.3 is 0 Å². The summed E-state index contributed by atoms with van der Waals surface area (Å²) in [5, 5.41) is 12.3. The van der Waals surface area contributed by atoms with Gasteiger partial charge in [-0.05, 0) is 35.0 Å². The molecule has 0 saturated heterocycles. The van der Waals surface area contributed by atoms with Crippen LogP contribution in [-0.2, 0) is 6.61 Å². The van der Waals surface area contributed by atoms with E-state index in [1.165, 1.54) is 0 Å². The molecule has 110 valence electrons. The molecule has 7 nitrogen and oxygen atoms in total. The van der Waals surface area contributed by atoms with E-state index in [1.807, 2.05) is 0 Å². The van der Waals surface area contributed by atoms with Crippen LogP contribution in [0.4, 0.5) is 5.82 Å². The summed E-state index contributed by atoms with van der Waals surface area (Å²) in [6, 6.07) is 8.83. The molecule has 0 bridgehead atoms. The van der Waals surface area contributed by atoms with Crippen molar-refractivity contribution in [1.29, 1.82) is 0 Å². The molecule has 22 heavy (non-hydrogen) atoms. The molecule has 3 aromatic rings. The minimum absolute atomic E-state index is 0.119. The van der Waals surface area contributed by atoms with Crippen LogP contribution in [0.15, 0.2) is 41.7 Å². The van der Waals surface area contributed by atoms with Gasteiger partial charge in [0.15, 0.2) is 11.5 Å². The van der Waals surface area contributed by atoms with Crippen LogP contribution in [0.1, 0.15) is 5.56 Å². The standard InChI is InChI=1S/C15H11N3O4/c19-7-9-1-4-13-16-14(15(17-20)18(13)6-9)10-2-3-11-12(5-10)22-8-21-11/h1-6,19H,7-8H2. The number of benzene rings is 1. The monoisotopic (exact) mass is 297 g/mol. The molecule has 4 rings (SSSR count). The van der Waals surface area contributed by atoms with Gasteiger partial charge in [-0.3, -0.25) is 4.40 Å². The molecule has 1 N–H and O–H groups in total. The molecule has 0 amide bonds. The Morgan fingerprint density at radius 1 is 1.23 bits per heavy atom. The normalized spacial score (nSPS) is 12.8. The van der Waals surface area contributed by atoms with Crippen molar-refractivity contribution in [2.75, 3.05) is 6.79 Å². The molecule has 0 spiro atoms. The Kier molecular flexibility index (Phi) is 2.80. The largest absolute Gasteiger partial charge is 0.454 e. The summed E-state index contributed by atoms with van der Waals surface area (Å²) >= 11 is 0. The average Bonchev–Trinajstić information content (AvgIpc) is 3.16. The highest BCUT2D eigenvalue weighted by Crippen LogP contribution is 2.38. The number of pyridine rings is 1. The first-order chi connectivity index (χ1) is 10.8. The lowest BCUT2D eigenvalue weighted by molar-refractivity contribution is 0.174.